The van der Waals surface area contributed by atoms with Gasteiger partial charge in [-0.3, -0.25) is 15.5 Å². The lowest BCUT2D eigenvalue weighted by Gasteiger charge is -2.23. The zero-order chi connectivity index (χ0) is 9.97. The van der Waals surface area contributed by atoms with E-state index < -0.39 is 12.1 Å². The molecule has 1 atom stereocenters. The van der Waals surface area contributed by atoms with Crippen molar-refractivity contribution in [1.29, 1.82) is 0 Å². The summed E-state index contributed by atoms with van der Waals surface area (Å²) < 4.78 is 0. The van der Waals surface area contributed by atoms with Crippen molar-refractivity contribution in [2.45, 2.75) is 6.04 Å². The summed E-state index contributed by atoms with van der Waals surface area (Å²) in [5.74, 6) is -0.347. The molecule has 5 nitrogen and oxygen atoms in total. The SMILES string of the molecule is O=C1NNC(c2ccccc2)C(=O)N1. The molecule has 0 radical (unpaired) electrons. The molecule has 1 aromatic rings. The monoisotopic (exact) mass is 191 g/mol. The smallest absolute Gasteiger partial charge is 0.275 e. The molecule has 0 aromatic heterocycles. The molecule has 1 saturated heterocycles. The van der Waals surface area contributed by atoms with Crippen molar-refractivity contribution in [2.24, 2.45) is 0 Å². The van der Waals surface area contributed by atoms with Crippen LogP contribution >= 0.6 is 0 Å². The topological polar surface area (TPSA) is 70.2 Å². The molecule has 0 saturated carbocycles. The van der Waals surface area contributed by atoms with Crippen LogP contribution in [-0.2, 0) is 4.79 Å². The van der Waals surface area contributed by atoms with Gasteiger partial charge in [-0.2, -0.15) is 0 Å². The summed E-state index contributed by atoms with van der Waals surface area (Å²) in [6, 6.07) is 8.12. The van der Waals surface area contributed by atoms with Gasteiger partial charge in [0.2, 0.25) is 0 Å². The highest BCUT2D eigenvalue weighted by Gasteiger charge is 2.26. The van der Waals surface area contributed by atoms with Gasteiger partial charge in [-0.1, -0.05) is 30.3 Å². The minimum atomic E-state index is -0.526. The lowest BCUT2D eigenvalue weighted by Crippen LogP contribution is -2.58. The van der Waals surface area contributed by atoms with Crippen molar-refractivity contribution in [3.05, 3.63) is 35.9 Å². The summed E-state index contributed by atoms with van der Waals surface area (Å²) in [7, 11) is 0. The maximum absolute atomic E-state index is 11.4. The fourth-order valence-electron chi connectivity index (χ4n) is 1.30. The number of hydrogen-bond donors (Lipinski definition) is 3. The summed E-state index contributed by atoms with van der Waals surface area (Å²) in [6.45, 7) is 0. The second kappa shape index (κ2) is 3.47. The third kappa shape index (κ3) is 1.57. The highest BCUT2D eigenvalue weighted by atomic mass is 16.2. The summed E-state index contributed by atoms with van der Waals surface area (Å²) in [6.07, 6.45) is 0. The fourth-order valence-corrected chi connectivity index (χ4v) is 1.30. The Hall–Kier alpha value is -1.88. The van der Waals surface area contributed by atoms with Gasteiger partial charge in [0, 0.05) is 0 Å². The van der Waals surface area contributed by atoms with E-state index >= 15 is 0 Å². The first-order chi connectivity index (χ1) is 6.77. The van der Waals surface area contributed by atoms with Crippen molar-refractivity contribution in [3.8, 4) is 0 Å². The van der Waals surface area contributed by atoms with Gasteiger partial charge in [0.05, 0.1) is 0 Å². The predicted molar refractivity (Wildman–Crippen MR) is 49.0 cm³/mol. The van der Waals surface area contributed by atoms with E-state index in [1.807, 2.05) is 30.3 Å². The largest absolute Gasteiger partial charge is 0.335 e. The van der Waals surface area contributed by atoms with Crippen LogP contribution in [0.3, 0.4) is 0 Å². The highest BCUT2D eigenvalue weighted by molar-refractivity contribution is 5.99. The lowest BCUT2D eigenvalue weighted by atomic mass is 10.1. The predicted octanol–water partition coefficient (Wildman–Crippen LogP) is 0.0717. The first-order valence-corrected chi connectivity index (χ1v) is 4.18. The molecule has 3 amide bonds. The summed E-state index contributed by atoms with van der Waals surface area (Å²) >= 11 is 0. The van der Waals surface area contributed by atoms with Crippen molar-refractivity contribution in [2.75, 3.05) is 0 Å². The second-order valence-electron chi connectivity index (χ2n) is 2.93. The van der Waals surface area contributed by atoms with Crippen LogP contribution in [0.1, 0.15) is 11.6 Å². The molecule has 1 unspecified atom stereocenters. The Kier molecular flexibility index (Phi) is 2.16. The number of nitrogens with one attached hydrogen (secondary N) is 3. The van der Waals surface area contributed by atoms with E-state index in [2.05, 4.69) is 16.2 Å². The molecule has 5 heteroatoms. The molecule has 1 aromatic carbocycles. The summed E-state index contributed by atoms with van der Waals surface area (Å²) in [5.41, 5.74) is 5.77. The molecule has 2 rings (SSSR count). The maximum Gasteiger partial charge on any atom is 0.335 e. The van der Waals surface area contributed by atoms with Gasteiger partial charge >= 0.3 is 6.03 Å². The molecule has 14 heavy (non-hydrogen) atoms. The van der Waals surface area contributed by atoms with Gasteiger partial charge in [-0.15, -0.1) is 0 Å². The van der Waals surface area contributed by atoms with E-state index in [-0.39, 0.29) is 5.91 Å². The minimum Gasteiger partial charge on any atom is -0.275 e. The molecular formula is C9H9N3O2. The third-order valence-corrected chi connectivity index (χ3v) is 1.96. The molecule has 3 N–H and O–H groups in total. The number of hydrazine groups is 1. The summed E-state index contributed by atoms with van der Waals surface area (Å²) in [4.78, 5) is 22.1. The number of carbonyl (C=O) groups is 2. The Morgan fingerprint density at radius 3 is 2.43 bits per heavy atom. The molecule has 1 aliphatic heterocycles. The van der Waals surface area contributed by atoms with Crippen LogP contribution in [0.2, 0.25) is 0 Å². The standard InChI is InChI=1S/C9H9N3O2/c13-8-7(11-12-9(14)10-8)6-4-2-1-3-5-6/h1-5,7,11H,(H2,10,12,13,14). The van der Waals surface area contributed by atoms with Crippen LogP contribution in [-0.4, -0.2) is 11.9 Å². The van der Waals surface area contributed by atoms with Gasteiger partial charge in [0.1, 0.15) is 6.04 Å². The highest BCUT2D eigenvalue weighted by Crippen LogP contribution is 2.12. The molecule has 0 spiro atoms. The fraction of sp³-hybridized carbons (Fsp3) is 0.111. The average molecular weight is 191 g/mol. The van der Waals surface area contributed by atoms with E-state index in [1.165, 1.54) is 0 Å². The van der Waals surface area contributed by atoms with Crippen LogP contribution in [0.5, 0.6) is 0 Å². The van der Waals surface area contributed by atoms with Gasteiger partial charge in [-0.25, -0.2) is 10.2 Å². The van der Waals surface area contributed by atoms with Gasteiger partial charge < -0.3 is 0 Å². The number of benzene rings is 1. The number of urea groups is 1. The third-order valence-electron chi connectivity index (χ3n) is 1.96. The zero-order valence-corrected chi connectivity index (χ0v) is 7.28. The van der Waals surface area contributed by atoms with Crippen LogP contribution in [0.4, 0.5) is 4.79 Å². The first kappa shape index (κ1) is 8.71. The van der Waals surface area contributed by atoms with E-state index in [9.17, 15) is 9.59 Å². The van der Waals surface area contributed by atoms with E-state index in [0.29, 0.717) is 0 Å². The Bertz CT molecular complexity index is 364. The Morgan fingerprint density at radius 2 is 1.79 bits per heavy atom. The normalized spacial score (nSPS) is 21.3. The molecule has 0 bridgehead atoms. The lowest BCUT2D eigenvalue weighted by molar-refractivity contribution is -0.123. The van der Waals surface area contributed by atoms with Crippen LogP contribution in [0.25, 0.3) is 0 Å². The van der Waals surface area contributed by atoms with E-state index in [0.717, 1.165) is 5.56 Å². The minimum absolute atomic E-state index is 0.347. The number of carbonyl (C=O) groups excluding carboxylic acids is 2. The molecule has 72 valence electrons. The first-order valence-electron chi connectivity index (χ1n) is 4.18. The molecule has 1 fully saturated rings. The number of imide groups is 1. The molecular weight excluding hydrogens is 182 g/mol. The van der Waals surface area contributed by atoms with E-state index in [1.54, 1.807) is 0 Å². The van der Waals surface area contributed by atoms with Crippen molar-refractivity contribution >= 4 is 11.9 Å². The number of rotatable bonds is 1. The molecule has 1 aliphatic rings. The Balaban J connectivity index is 2.20. The maximum atomic E-state index is 11.4. The second-order valence-corrected chi connectivity index (χ2v) is 2.93. The molecule has 1 heterocycles. The Morgan fingerprint density at radius 1 is 1.07 bits per heavy atom. The average Bonchev–Trinajstić information content (AvgIpc) is 2.19. The van der Waals surface area contributed by atoms with Gasteiger partial charge in [-0.05, 0) is 5.56 Å². The van der Waals surface area contributed by atoms with Crippen molar-refractivity contribution in [1.82, 2.24) is 16.2 Å². The van der Waals surface area contributed by atoms with E-state index in [4.69, 9.17) is 0 Å². The van der Waals surface area contributed by atoms with Gasteiger partial charge in [0.15, 0.2) is 0 Å². The van der Waals surface area contributed by atoms with Crippen molar-refractivity contribution in [3.63, 3.8) is 0 Å². The van der Waals surface area contributed by atoms with Gasteiger partial charge in [0.25, 0.3) is 5.91 Å². The van der Waals surface area contributed by atoms with Crippen molar-refractivity contribution < 1.29 is 9.59 Å². The zero-order valence-electron chi connectivity index (χ0n) is 7.28. The Labute approximate surface area is 80.5 Å². The number of hydrogen-bond acceptors (Lipinski definition) is 3. The van der Waals surface area contributed by atoms with Crippen LogP contribution in [0.15, 0.2) is 30.3 Å². The quantitative estimate of drug-likeness (QED) is 0.588. The number of amides is 3. The summed E-state index contributed by atoms with van der Waals surface area (Å²) in [5, 5.41) is 2.18. The van der Waals surface area contributed by atoms with Crippen LogP contribution in [0, 0.1) is 0 Å². The van der Waals surface area contributed by atoms with Crippen LogP contribution < -0.4 is 16.2 Å². The molecule has 0 aliphatic carbocycles.